The van der Waals surface area contributed by atoms with Gasteiger partial charge in [0.2, 0.25) is 5.91 Å². The minimum atomic E-state index is -0.553. The zero-order valence-electron chi connectivity index (χ0n) is 16.1. The van der Waals surface area contributed by atoms with Gasteiger partial charge in [-0.15, -0.1) is 0 Å². The van der Waals surface area contributed by atoms with E-state index in [0.717, 1.165) is 0 Å². The normalized spacial score (nSPS) is 10.5. The van der Waals surface area contributed by atoms with Gasteiger partial charge in [0.05, 0.1) is 22.7 Å². The zero-order chi connectivity index (χ0) is 21.7. The molecular weight excluding hydrogens is 425 g/mol. The van der Waals surface area contributed by atoms with Crippen LogP contribution in [0.2, 0.25) is 10.0 Å². The maximum Gasteiger partial charge on any atom is 0.257 e. The highest BCUT2D eigenvalue weighted by Gasteiger charge is 2.19. The first-order valence-electron chi connectivity index (χ1n) is 9.14. The van der Waals surface area contributed by atoms with Crippen molar-refractivity contribution in [1.29, 1.82) is 0 Å². The maximum atomic E-state index is 12.8. The number of anilines is 3. The highest BCUT2D eigenvalue weighted by Crippen LogP contribution is 2.29. The van der Waals surface area contributed by atoms with Gasteiger partial charge in [0.1, 0.15) is 11.5 Å². The van der Waals surface area contributed by atoms with E-state index in [4.69, 9.17) is 28.9 Å². The number of halogens is 2. The number of nitrogens with one attached hydrogen (secondary N) is 2. The molecule has 0 aliphatic rings. The van der Waals surface area contributed by atoms with E-state index in [0.29, 0.717) is 44.9 Å². The molecule has 3 rings (SSSR count). The number of aryl methyl sites for hydroxylation is 1. The van der Waals surface area contributed by atoms with Crippen molar-refractivity contribution in [2.75, 3.05) is 10.6 Å². The van der Waals surface area contributed by atoms with Crippen LogP contribution in [0.4, 0.5) is 17.2 Å². The smallest absolute Gasteiger partial charge is 0.257 e. The van der Waals surface area contributed by atoms with E-state index >= 15 is 0 Å². The Kier molecular flexibility index (Phi) is 6.87. The lowest BCUT2D eigenvalue weighted by Gasteiger charge is -2.17. The highest BCUT2D eigenvalue weighted by molar-refractivity contribution is 6.34. The second-order valence-corrected chi connectivity index (χ2v) is 7.22. The van der Waals surface area contributed by atoms with Crippen LogP contribution in [0.5, 0.6) is 0 Å². The lowest BCUT2D eigenvalue weighted by molar-refractivity contribution is -0.117. The van der Waals surface area contributed by atoms with Crippen LogP contribution in [0.1, 0.15) is 28.8 Å². The second kappa shape index (κ2) is 9.56. The number of nitrogens with zero attached hydrogens (tertiary/aromatic N) is 2. The van der Waals surface area contributed by atoms with Gasteiger partial charge >= 0.3 is 0 Å². The number of benzene rings is 2. The van der Waals surface area contributed by atoms with Gasteiger partial charge < -0.3 is 16.4 Å². The lowest BCUT2D eigenvalue weighted by atomic mass is 10.2. The predicted octanol–water partition coefficient (Wildman–Crippen LogP) is 4.37. The fourth-order valence-corrected chi connectivity index (χ4v) is 3.11. The summed E-state index contributed by atoms with van der Waals surface area (Å²) < 4.78 is 0. The Morgan fingerprint density at radius 3 is 2.37 bits per heavy atom. The molecule has 0 atom stereocenters. The zero-order valence-corrected chi connectivity index (χ0v) is 17.6. The molecule has 0 unspecified atom stereocenters. The Morgan fingerprint density at radius 1 is 1.03 bits per heavy atom. The molecule has 0 radical (unpaired) electrons. The van der Waals surface area contributed by atoms with Crippen LogP contribution in [0.15, 0.2) is 48.5 Å². The monoisotopic (exact) mass is 443 g/mol. The number of hydrogen-bond acceptors (Lipinski definition) is 5. The summed E-state index contributed by atoms with van der Waals surface area (Å²) in [5, 5.41) is 6.90. The van der Waals surface area contributed by atoms with Gasteiger partial charge in [-0.1, -0.05) is 42.3 Å². The standard InChI is InChI=1S/C21H19Cl2N5O2/c1-2-16-19(28-21(30)14-5-3-4-6-15(14)23)20(27-18(26-16)11-17(24)29)25-13-9-7-12(22)8-10-13/h3-10H,2,11H2,1H3,(H2,24,29)(H,28,30)(H,25,26,27). The number of rotatable bonds is 7. The first-order chi connectivity index (χ1) is 14.4. The van der Waals surface area contributed by atoms with Crippen molar-refractivity contribution < 1.29 is 9.59 Å². The summed E-state index contributed by atoms with van der Waals surface area (Å²) >= 11 is 12.1. The number of nitrogens with two attached hydrogens (primary N) is 1. The molecule has 4 N–H and O–H groups in total. The van der Waals surface area contributed by atoms with Crippen molar-refractivity contribution in [3.8, 4) is 0 Å². The van der Waals surface area contributed by atoms with Gasteiger partial charge in [-0.25, -0.2) is 9.97 Å². The Balaban J connectivity index is 2.04. The van der Waals surface area contributed by atoms with Crippen LogP contribution in [0.3, 0.4) is 0 Å². The van der Waals surface area contributed by atoms with Crippen molar-refractivity contribution >= 4 is 52.2 Å². The second-order valence-electron chi connectivity index (χ2n) is 6.37. The van der Waals surface area contributed by atoms with E-state index < -0.39 is 11.8 Å². The molecule has 0 fully saturated rings. The van der Waals surface area contributed by atoms with Crippen molar-refractivity contribution in [1.82, 2.24) is 9.97 Å². The van der Waals surface area contributed by atoms with E-state index in [1.54, 1.807) is 48.5 Å². The number of carbonyl (C=O) groups excluding carboxylic acids is 2. The minimum absolute atomic E-state index is 0.124. The summed E-state index contributed by atoms with van der Waals surface area (Å²) in [5.74, 6) is -0.365. The van der Waals surface area contributed by atoms with E-state index in [1.807, 2.05) is 6.92 Å². The molecule has 0 bridgehead atoms. The minimum Gasteiger partial charge on any atom is -0.369 e. The summed E-state index contributed by atoms with van der Waals surface area (Å²) in [4.78, 5) is 33.0. The largest absolute Gasteiger partial charge is 0.369 e. The maximum absolute atomic E-state index is 12.8. The first kappa shape index (κ1) is 21.5. The summed E-state index contributed by atoms with van der Waals surface area (Å²) in [6.07, 6.45) is 0.364. The quantitative estimate of drug-likeness (QED) is 0.501. The molecule has 0 aliphatic heterocycles. The van der Waals surface area contributed by atoms with Crippen molar-refractivity contribution in [2.45, 2.75) is 19.8 Å². The molecule has 0 spiro atoms. The molecule has 2 aromatic carbocycles. The summed E-state index contributed by atoms with van der Waals surface area (Å²) in [6, 6.07) is 13.7. The molecule has 7 nitrogen and oxygen atoms in total. The van der Waals surface area contributed by atoms with Crippen LogP contribution in [-0.2, 0) is 17.6 Å². The van der Waals surface area contributed by atoms with E-state index in [9.17, 15) is 9.59 Å². The molecule has 2 amide bonds. The fraction of sp³-hybridized carbons (Fsp3) is 0.143. The molecular formula is C21H19Cl2N5O2. The third kappa shape index (κ3) is 5.25. The molecule has 9 heteroatoms. The third-order valence-corrected chi connectivity index (χ3v) is 4.74. The molecule has 1 aromatic heterocycles. The van der Waals surface area contributed by atoms with Crippen LogP contribution in [0, 0.1) is 0 Å². The van der Waals surface area contributed by atoms with E-state index in [-0.39, 0.29) is 12.2 Å². The molecule has 0 aliphatic carbocycles. The van der Waals surface area contributed by atoms with Gasteiger partial charge in [0, 0.05) is 10.7 Å². The van der Waals surface area contributed by atoms with Crippen molar-refractivity contribution in [3.63, 3.8) is 0 Å². The SMILES string of the molecule is CCc1nc(CC(N)=O)nc(Nc2ccc(Cl)cc2)c1NC(=O)c1ccccc1Cl. The van der Waals surface area contributed by atoms with Crippen molar-refractivity contribution in [3.05, 3.63) is 75.7 Å². The lowest BCUT2D eigenvalue weighted by Crippen LogP contribution is -2.20. The van der Waals surface area contributed by atoms with Gasteiger partial charge in [-0.2, -0.15) is 0 Å². The summed E-state index contributed by atoms with van der Waals surface area (Å²) in [5.41, 5.74) is 7.27. The Morgan fingerprint density at radius 2 is 1.73 bits per heavy atom. The van der Waals surface area contributed by atoms with Crippen LogP contribution >= 0.6 is 23.2 Å². The fourth-order valence-electron chi connectivity index (χ4n) is 2.77. The van der Waals surface area contributed by atoms with Gasteiger partial charge in [0.25, 0.3) is 5.91 Å². The molecule has 0 saturated heterocycles. The van der Waals surface area contributed by atoms with E-state index in [2.05, 4.69) is 20.6 Å². The average molecular weight is 444 g/mol. The van der Waals surface area contributed by atoms with Crippen LogP contribution in [-0.4, -0.2) is 21.8 Å². The molecule has 1 heterocycles. The Bertz CT molecular complexity index is 1090. The molecule has 30 heavy (non-hydrogen) atoms. The first-order valence-corrected chi connectivity index (χ1v) is 9.89. The number of hydrogen-bond donors (Lipinski definition) is 3. The summed E-state index contributed by atoms with van der Waals surface area (Å²) in [6.45, 7) is 1.88. The average Bonchev–Trinajstić information content (AvgIpc) is 2.71. The number of amides is 2. The molecule has 154 valence electrons. The Hall–Kier alpha value is -3.16. The van der Waals surface area contributed by atoms with Crippen LogP contribution < -0.4 is 16.4 Å². The highest BCUT2D eigenvalue weighted by atomic mass is 35.5. The molecule has 3 aromatic rings. The number of aromatic nitrogens is 2. The topological polar surface area (TPSA) is 110 Å². The van der Waals surface area contributed by atoms with Crippen LogP contribution in [0.25, 0.3) is 0 Å². The number of carbonyl (C=O) groups is 2. The predicted molar refractivity (Wildman–Crippen MR) is 118 cm³/mol. The van der Waals surface area contributed by atoms with Gasteiger partial charge in [-0.05, 0) is 42.8 Å². The van der Waals surface area contributed by atoms with Crippen molar-refractivity contribution in [2.24, 2.45) is 5.73 Å². The third-order valence-electron chi connectivity index (χ3n) is 4.16. The summed E-state index contributed by atoms with van der Waals surface area (Å²) in [7, 11) is 0. The van der Waals surface area contributed by atoms with Gasteiger partial charge in [-0.3, -0.25) is 9.59 Å². The van der Waals surface area contributed by atoms with Gasteiger partial charge in [0.15, 0.2) is 5.82 Å². The van der Waals surface area contributed by atoms with E-state index in [1.165, 1.54) is 0 Å². The number of primary amides is 1. The molecule has 0 saturated carbocycles. The Labute approximate surface area is 183 Å².